The predicted octanol–water partition coefficient (Wildman–Crippen LogP) is 0.471. The number of nitrogens with two attached hydrogens (primary N) is 1. The zero-order valence-corrected chi connectivity index (χ0v) is 19.3. The Morgan fingerprint density at radius 3 is 2.71 bits per heavy atom. The maximum absolute atomic E-state index is 13.0. The highest BCUT2D eigenvalue weighted by Gasteiger charge is 2.21. The van der Waals surface area contributed by atoms with Crippen LogP contribution in [0.3, 0.4) is 0 Å². The van der Waals surface area contributed by atoms with Crippen molar-refractivity contribution in [1.29, 1.82) is 0 Å². The molecule has 2 aromatic heterocycles. The number of hydrogen-bond acceptors (Lipinski definition) is 6. The minimum atomic E-state index is -0.261. The number of hydrogen-bond donors (Lipinski definition) is 4. The van der Waals surface area contributed by atoms with E-state index >= 15 is 0 Å². The fourth-order valence-electron chi connectivity index (χ4n) is 3.79. The molecule has 0 saturated carbocycles. The number of aromatic amines is 2. The molecule has 5 N–H and O–H groups in total. The number of carbonyl (C=O) groups is 3. The van der Waals surface area contributed by atoms with E-state index in [1.54, 1.807) is 17.3 Å². The predicted molar refractivity (Wildman–Crippen MR) is 130 cm³/mol. The number of fused-ring (bicyclic) bond motifs is 1. The molecule has 0 unspecified atom stereocenters. The highest BCUT2D eigenvalue weighted by atomic mass is 16.2. The van der Waals surface area contributed by atoms with E-state index in [-0.39, 0.29) is 31.4 Å². The van der Waals surface area contributed by atoms with Gasteiger partial charge in [-0.15, -0.1) is 0 Å². The number of aromatic nitrogens is 3. The first-order chi connectivity index (χ1) is 16.6. The number of para-hydroxylation sites is 1. The maximum atomic E-state index is 13.0. The molecular weight excluding hydrogens is 434 g/mol. The van der Waals surface area contributed by atoms with E-state index in [4.69, 9.17) is 5.73 Å². The van der Waals surface area contributed by atoms with Crippen LogP contribution in [0.1, 0.15) is 17.8 Å². The van der Waals surface area contributed by atoms with Gasteiger partial charge < -0.3 is 35.6 Å². The Kier molecular flexibility index (Phi) is 9.80. The lowest BCUT2D eigenvalue weighted by molar-refractivity contribution is -0.140. The number of nitrogens with one attached hydrogen (secondary N) is 3. The van der Waals surface area contributed by atoms with Gasteiger partial charge in [-0.3, -0.25) is 9.59 Å². The third-order valence-electron chi connectivity index (χ3n) is 5.65. The minimum absolute atomic E-state index is 0.00922. The van der Waals surface area contributed by atoms with Gasteiger partial charge in [-0.25, -0.2) is 4.98 Å². The second-order valence-electron chi connectivity index (χ2n) is 8.04. The lowest BCUT2D eigenvalue weighted by Crippen LogP contribution is -2.47. The molecule has 182 valence electrons. The van der Waals surface area contributed by atoms with Gasteiger partial charge in [0.25, 0.3) is 0 Å². The van der Waals surface area contributed by atoms with E-state index in [1.165, 1.54) is 4.90 Å². The van der Waals surface area contributed by atoms with Crippen LogP contribution in [0.5, 0.6) is 0 Å². The van der Waals surface area contributed by atoms with Crippen LogP contribution in [0.15, 0.2) is 42.9 Å². The largest absolute Gasteiger partial charge is 0.361 e. The van der Waals surface area contributed by atoms with Crippen molar-refractivity contribution >= 4 is 29.0 Å². The van der Waals surface area contributed by atoms with Crippen molar-refractivity contribution in [2.75, 3.05) is 45.8 Å². The summed E-state index contributed by atoms with van der Waals surface area (Å²) >= 11 is 0. The number of benzene rings is 1. The Balaban J connectivity index is 1.63. The van der Waals surface area contributed by atoms with Gasteiger partial charge in [-0.2, -0.15) is 0 Å². The first kappa shape index (κ1) is 25.1. The van der Waals surface area contributed by atoms with E-state index < -0.39 is 0 Å². The summed E-state index contributed by atoms with van der Waals surface area (Å²) < 4.78 is 0. The monoisotopic (exact) mass is 467 g/mol. The van der Waals surface area contributed by atoms with E-state index in [0.29, 0.717) is 51.7 Å². The van der Waals surface area contributed by atoms with E-state index in [1.807, 2.05) is 30.5 Å². The number of carbonyl (C=O) groups excluding carboxylic acids is 3. The zero-order chi connectivity index (χ0) is 24.2. The van der Waals surface area contributed by atoms with Gasteiger partial charge in [0.2, 0.25) is 11.8 Å². The van der Waals surface area contributed by atoms with Gasteiger partial charge >= 0.3 is 0 Å². The molecule has 0 radical (unpaired) electrons. The van der Waals surface area contributed by atoms with Gasteiger partial charge in [0.15, 0.2) is 0 Å². The zero-order valence-electron chi connectivity index (χ0n) is 19.3. The minimum Gasteiger partial charge on any atom is -0.361 e. The molecule has 0 atom stereocenters. The highest BCUT2D eigenvalue weighted by molar-refractivity contribution is 5.87. The van der Waals surface area contributed by atoms with Crippen LogP contribution in [-0.2, 0) is 27.2 Å². The molecule has 34 heavy (non-hydrogen) atoms. The fraction of sp³-hybridized carbons (Fsp3) is 0.417. The second kappa shape index (κ2) is 13.3. The van der Waals surface area contributed by atoms with Crippen molar-refractivity contribution in [3.8, 4) is 0 Å². The molecule has 0 spiro atoms. The van der Waals surface area contributed by atoms with Crippen LogP contribution in [0.2, 0.25) is 0 Å². The summed E-state index contributed by atoms with van der Waals surface area (Å²) in [5, 5.41) is 4.23. The van der Waals surface area contributed by atoms with Crippen molar-refractivity contribution in [2.45, 2.75) is 19.3 Å². The van der Waals surface area contributed by atoms with Gasteiger partial charge in [-0.05, 0) is 31.0 Å². The summed E-state index contributed by atoms with van der Waals surface area (Å²) in [7, 11) is 0. The van der Waals surface area contributed by atoms with Crippen LogP contribution in [0, 0.1) is 0 Å². The Hall–Kier alpha value is -3.50. The first-order valence-electron chi connectivity index (χ1n) is 11.6. The van der Waals surface area contributed by atoms with Gasteiger partial charge in [0.1, 0.15) is 12.1 Å². The molecule has 10 heteroatoms. The molecule has 0 fully saturated rings. The maximum Gasteiger partial charge on any atom is 0.242 e. The summed E-state index contributed by atoms with van der Waals surface area (Å²) in [4.78, 5) is 50.4. The third kappa shape index (κ3) is 7.26. The Labute approximate surface area is 198 Å². The molecule has 10 nitrogen and oxygen atoms in total. The van der Waals surface area contributed by atoms with Gasteiger partial charge in [0.05, 0.1) is 19.6 Å². The highest BCUT2D eigenvalue weighted by Crippen LogP contribution is 2.18. The smallest absolute Gasteiger partial charge is 0.242 e. The van der Waals surface area contributed by atoms with Crippen LogP contribution < -0.4 is 11.1 Å². The molecular formula is C24H33N7O3. The molecule has 2 amide bonds. The van der Waals surface area contributed by atoms with Crippen LogP contribution in [-0.4, -0.2) is 88.7 Å². The molecule has 0 aliphatic carbocycles. The molecule has 3 rings (SSSR count). The number of nitrogens with zero attached hydrogens (tertiary/aromatic N) is 3. The first-order valence-corrected chi connectivity index (χ1v) is 11.6. The van der Waals surface area contributed by atoms with Crippen LogP contribution in [0.25, 0.3) is 10.9 Å². The SMILES string of the molecule is NCCCN(CC=O)C(=O)CN(CCc1c[nH]c2ccccc12)C(=O)CNCCc1ncc[nH]1. The molecule has 0 bridgehead atoms. The van der Waals surface area contributed by atoms with Crippen molar-refractivity contribution in [2.24, 2.45) is 5.73 Å². The Bertz CT molecular complexity index is 1050. The molecule has 0 saturated heterocycles. The summed E-state index contributed by atoms with van der Waals surface area (Å²) in [5.41, 5.74) is 7.68. The molecule has 3 aromatic rings. The molecule has 0 aliphatic rings. The van der Waals surface area contributed by atoms with Gasteiger partial charge in [0, 0.05) is 55.5 Å². The standard InChI is InChI=1S/C24H33N7O3/c25-8-3-12-30(14-15-32)24(34)18-31(23(33)17-26-9-6-22-27-10-11-28-22)13-7-19-16-29-21-5-2-1-4-20(19)21/h1-2,4-5,10-11,15-16,26,29H,3,6-9,12-14,17-18,25H2,(H,27,28). The van der Waals surface area contributed by atoms with Crippen molar-refractivity contribution in [3.05, 3.63) is 54.2 Å². The van der Waals surface area contributed by atoms with Crippen molar-refractivity contribution in [3.63, 3.8) is 0 Å². The third-order valence-corrected chi connectivity index (χ3v) is 5.65. The molecule has 0 aliphatic heterocycles. The summed E-state index contributed by atoms with van der Waals surface area (Å²) in [6.07, 6.45) is 7.95. The van der Waals surface area contributed by atoms with E-state index in [9.17, 15) is 14.4 Å². The second-order valence-corrected chi connectivity index (χ2v) is 8.04. The summed E-state index contributed by atoms with van der Waals surface area (Å²) in [6, 6.07) is 7.98. The average molecular weight is 468 g/mol. The quantitative estimate of drug-likeness (QED) is 0.189. The van der Waals surface area contributed by atoms with Crippen molar-refractivity contribution < 1.29 is 14.4 Å². The number of rotatable bonds is 15. The Morgan fingerprint density at radius 2 is 1.94 bits per heavy atom. The van der Waals surface area contributed by atoms with E-state index in [2.05, 4.69) is 20.3 Å². The number of aldehydes is 1. The Morgan fingerprint density at radius 1 is 1.09 bits per heavy atom. The average Bonchev–Trinajstić information content (AvgIpc) is 3.52. The normalized spacial score (nSPS) is 11.0. The fourth-order valence-corrected chi connectivity index (χ4v) is 3.79. The summed E-state index contributed by atoms with van der Waals surface area (Å²) in [5.74, 6) is 0.414. The summed E-state index contributed by atoms with van der Waals surface area (Å²) in [6.45, 7) is 1.79. The van der Waals surface area contributed by atoms with Crippen LogP contribution in [0.4, 0.5) is 0 Å². The number of H-pyrrole nitrogens is 2. The molecule has 2 heterocycles. The van der Waals surface area contributed by atoms with Crippen LogP contribution >= 0.6 is 0 Å². The molecule has 1 aromatic carbocycles. The van der Waals surface area contributed by atoms with Gasteiger partial charge in [-0.1, -0.05) is 18.2 Å². The lowest BCUT2D eigenvalue weighted by atomic mass is 10.1. The van der Waals surface area contributed by atoms with E-state index in [0.717, 1.165) is 22.3 Å². The lowest BCUT2D eigenvalue weighted by Gasteiger charge is -2.27. The topological polar surface area (TPSA) is 140 Å². The number of imidazole rings is 1. The van der Waals surface area contributed by atoms with Crippen molar-refractivity contribution in [1.82, 2.24) is 30.1 Å². The number of amides is 2.